The third-order valence-electron chi connectivity index (χ3n) is 3.47. The summed E-state index contributed by atoms with van der Waals surface area (Å²) in [4.78, 5) is 25.3. The van der Waals surface area contributed by atoms with Crippen LogP contribution < -0.4 is 15.8 Å². The van der Waals surface area contributed by atoms with Crippen LogP contribution in [0.2, 0.25) is 0 Å². The molecule has 22 heavy (non-hydrogen) atoms. The quantitative estimate of drug-likeness (QED) is 0.856. The van der Waals surface area contributed by atoms with Crippen LogP contribution in [0.5, 0.6) is 5.75 Å². The molecule has 0 aromatic heterocycles. The number of hydrogen-bond acceptors (Lipinski definition) is 4. The van der Waals surface area contributed by atoms with Gasteiger partial charge in [0, 0.05) is 25.7 Å². The fraction of sp³-hybridized carbons (Fsp3) is 0.467. The first-order chi connectivity index (χ1) is 10.1. The fourth-order valence-electron chi connectivity index (χ4n) is 2.45. The molecule has 1 aromatic rings. The maximum absolute atomic E-state index is 12.2. The largest absolute Gasteiger partial charge is 0.492 e. The van der Waals surface area contributed by atoms with Crippen molar-refractivity contribution < 1.29 is 14.3 Å². The van der Waals surface area contributed by atoms with Gasteiger partial charge in [0.05, 0.1) is 0 Å². The van der Waals surface area contributed by atoms with Gasteiger partial charge in [-0.25, -0.2) is 0 Å². The Morgan fingerprint density at radius 3 is 2.64 bits per heavy atom. The lowest BCUT2D eigenvalue weighted by molar-refractivity contribution is -0.134. The molecule has 1 aromatic carbocycles. The van der Waals surface area contributed by atoms with E-state index in [2.05, 4.69) is 5.32 Å². The molecule has 1 fully saturated rings. The van der Waals surface area contributed by atoms with Crippen LogP contribution in [0.15, 0.2) is 24.3 Å². The Bertz CT molecular complexity index is 507. The normalized spacial score (nSPS) is 16.8. The molecule has 1 heterocycles. The summed E-state index contributed by atoms with van der Waals surface area (Å²) in [7, 11) is 0. The second-order valence-electron chi connectivity index (χ2n) is 5.02. The molecule has 2 rings (SSSR count). The van der Waals surface area contributed by atoms with E-state index >= 15 is 0 Å². The molecule has 1 unspecified atom stereocenters. The van der Waals surface area contributed by atoms with Gasteiger partial charge in [-0.05, 0) is 37.1 Å². The smallest absolute Gasteiger partial charge is 0.247 e. The monoisotopic (exact) mass is 327 g/mol. The van der Waals surface area contributed by atoms with Crippen LogP contribution in [0.25, 0.3) is 0 Å². The Morgan fingerprint density at radius 2 is 2.05 bits per heavy atom. The molecule has 0 bridgehead atoms. The average Bonchev–Trinajstić information content (AvgIpc) is 2.96. The van der Waals surface area contributed by atoms with Crippen molar-refractivity contribution in [3.8, 4) is 5.75 Å². The molecule has 6 nitrogen and oxygen atoms in total. The minimum Gasteiger partial charge on any atom is -0.492 e. The topological polar surface area (TPSA) is 84.7 Å². The molecule has 7 heteroatoms. The van der Waals surface area contributed by atoms with Crippen LogP contribution in [-0.2, 0) is 9.59 Å². The highest BCUT2D eigenvalue weighted by Gasteiger charge is 2.32. The van der Waals surface area contributed by atoms with Crippen molar-refractivity contribution in [1.82, 2.24) is 4.90 Å². The third kappa shape index (κ3) is 4.61. The van der Waals surface area contributed by atoms with E-state index in [-0.39, 0.29) is 30.3 Å². The van der Waals surface area contributed by atoms with E-state index in [4.69, 9.17) is 10.5 Å². The molecule has 0 aliphatic carbocycles. The number of carbonyl (C=O) groups is 2. The molecular weight excluding hydrogens is 306 g/mol. The lowest BCUT2D eigenvalue weighted by atomic mass is 10.2. The van der Waals surface area contributed by atoms with Crippen LogP contribution in [-0.4, -0.2) is 42.5 Å². The number of halogens is 1. The summed E-state index contributed by atoms with van der Waals surface area (Å²) in [6, 6.07) is 6.74. The van der Waals surface area contributed by atoms with Gasteiger partial charge in [0.25, 0.3) is 0 Å². The molecule has 1 saturated heterocycles. The summed E-state index contributed by atoms with van der Waals surface area (Å²) in [6.07, 6.45) is 1.58. The van der Waals surface area contributed by atoms with Gasteiger partial charge in [-0.2, -0.15) is 0 Å². The molecule has 1 aliphatic rings. The lowest BCUT2D eigenvalue weighted by Gasteiger charge is -2.22. The van der Waals surface area contributed by atoms with Crippen molar-refractivity contribution >= 4 is 29.9 Å². The first-order valence-electron chi connectivity index (χ1n) is 7.13. The SMILES string of the molecule is CC(=O)N1CCCC1C(=O)Nc1ccc(OCCN)cc1.Cl. The number of nitrogens with zero attached hydrogens (tertiary/aromatic N) is 1. The number of nitrogens with two attached hydrogens (primary N) is 1. The average molecular weight is 328 g/mol. The van der Waals surface area contributed by atoms with E-state index in [0.717, 1.165) is 6.42 Å². The van der Waals surface area contributed by atoms with E-state index in [1.807, 2.05) is 0 Å². The first-order valence-corrected chi connectivity index (χ1v) is 7.13. The zero-order valence-corrected chi connectivity index (χ0v) is 13.4. The number of hydrogen-bond donors (Lipinski definition) is 2. The summed E-state index contributed by atoms with van der Waals surface area (Å²) in [5.74, 6) is 0.515. The number of ether oxygens (including phenoxy) is 1. The van der Waals surface area contributed by atoms with Crippen molar-refractivity contribution in [2.24, 2.45) is 5.73 Å². The number of anilines is 1. The predicted molar refractivity (Wildman–Crippen MR) is 87.3 cm³/mol. The summed E-state index contributed by atoms with van der Waals surface area (Å²) in [6.45, 7) is 3.07. The van der Waals surface area contributed by atoms with Crippen molar-refractivity contribution in [1.29, 1.82) is 0 Å². The molecule has 122 valence electrons. The van der Waals surface area contributed by atoms with Gasteiger partial charge in [0.1, 0.15) is 18.4 Å². The Hall–Kier alpha value is -1.79. The van der Waals surface area contributed by atoms with Gasteiger partial charge in [-0.1, -0.05) is 0 Å². The van der Waals surface area contributed by atoms with Gasteiger partial charge < -0.3 is 20.7 Å². The highest BCUT2D eigenvalue weighted by molar-refractivity contribution is 5.97. The second-order valence-corrected chi connectivity index (χ2v) is 5.02. The Balaban J connectivity index is 0.00000242. The fourth-order valence-corrected chi connectivity index (χ4v) is 2.45. The van der Waals surface area contributed by atoms with Crippen molar-refractivity contribution in [3.63, 3.8) is 0 Å². The zero-order valence-electron chi connectivity index (χ0n) is 12.6. The number of rotatable bonds is 5. The lowest BCUT2D eigenvalue weighted by Crippen LogP contribution is -2.42. The van der Waals surface area contributed by atoms with Gasteiger partial charge >= 0.3 is 0 Å². The number of carbonyl (C=O) groups excluding carboxylic acids is 2. The molecule has 1 aliphatic heterocycles. The summed E-state index contributed by atoms with van der Waals surface area (Å²) in [5.41, 5.74) is 6.06. The van der Waals surface area contributed by atoms with Crippen molar-refractivity contribution in [3.05, 3.63) is 24.3 Å². The third-order valence-corrected chi connectivity index (χ3v) is 3.47. The van der Waals surface area contributed by atoms with E-state index in [1.165, 1.54) is 6.92 Å². The van der Waals surface area contributed by atoms with Gasteiger partial charge in [-0.3, -0.25) is 9.59 Å². The van der Waals surface area contributed by atoms with Crippen LogP contribution in [0, 0.1) is 0 Å². The molecule has 1 atom stereocenters. The highest BCUT2D eigenvalue weighted by atomic mass is 35.5. The molecule has 3 N–H and O–H groups in total. The van der Waals surface area contributed by atoms with E-state index in [0.29, 0.717) is 37.6 Å². The second kappa shape index (κ2) is 8.60. The zero-order chi connectivity index (χ0) is 15.2. The number of likely N-dealkylation sites (tertiary alicyclic amines) is 1. The summed E-state index contributed by atoms with van der Waals surface area (Å²) in [5, 5.41) is 2.84. The van der Waals surface area contributed by atoms with Gasteiger partial charge in [0.15, 0.2) is 0 Å². The Labute approximate surface area is 136 Å². The van der Waals surface area contributed by atoms with Gasteiger partial charge in [0.2, 0.25) is 11.8 Å². The highest BCUT2D eigenvalue weighted by Crippen LogP contribution is 2.20. The maximum Gasteiger partial charge on any atom is 0.247 e. The van der Waals surface area contributed by atoms with E-state index in [1.54, 1.807) is 29.2 Å². The summed E-state index contributed by atoms with van der Waals surface area (Å²) < 4.78 is 5.37. The molecule has 0 spiro atoms. The first kappa shape index (κ1) is 18.3. The minimum absolute atomic E-state index is 0. The van der Waals surface area contributed by atoms with Crippen LogP contribution >= 0.6 is 12.4 Å². The Kier molecular flexibility index (Phi) is 7.14. The summed E-state index contributed by atoms with van der Waals surface area (Å²) >= 11 is 0. The van der Waals surface area contributed by atoms with Gasteiger partial charge in [-0.15, -0.1) is 12.4 Å². The van der Waals surface area contributed by atoms with Crippen molar-refractivity contribution in [2.75, 3.05) is 25.0 Å². The standard InChI is InChI=1S/C15H21N3O3.ClH/c1-11(19)18-9-2-3-14(18)15(20)17-12-4-6-13(7-5-12)21-10-8-16;/h4-7,14H,2-3,8-10,16H2,1H3,(H,17,20);1H. The maximum atomic E-state index is 12.2. The van der Waals surface area contributed by atoms with Crippen LogP contribution in [0.1, 0.15) is 19.8 Å². The van der Waals surface area contributed by atoms with Crippen molar-refractivity contribution in [2.45, 2.75) is 25.8 Å². The van der Waals surface area contributed by atoms with Crippen LogP contribution in [0.4, 0.5) is 5.69 Å². The Morgan fingerprint density at radius 1 is 1.36 bits per heavy atom. The minimum atomic E-state index is -0.365. The van der Waals surface area contributed by atoms with E-state index < -0.39 is 0 Å². The van der Waals surface area contributed by atoms with Crippen LogP contribution in [0.3, 0.4) is 0 Å². The number of amides is 2. The molecule has 0 saturated carbocycles. The molecule has 2 amide bonds. The molecular formula is C15H22ClN3O3. The number of nitrogens with one attached hydrogen (secondary N) is 1. The number of benzene rings is 1. The molecule has 0 radical (unpaired) electrons. The predicted octanol–water partition coefficient (Wildman–Crippen LogP) is 1.40. The van der Waals surface area contributed by atoms with E-state index in [9.17, 15) is 9.59 Å².